The number of allylic oxidation sites excluding steroid dienone is 1. The van der Waals surface area contributed by atoms with E-state index in [1.165, 1.54) is 0 Å². The molecule has 0 saturated carbocycles. The molecular formula is C11H14O2Se. The van der Waals surface area contributed by atoms with Gasteiger partial charge in [0.05, 0.1) is 0 Å². The second-order valence-electron chi connectivity index (χ2n) is 2.71. The van der Waals surface area contributed by atoms with Gasteiger partial charge < -0.3 is 0 Å². The summed E-state index contributed by atoms with van der Waals surface area (Å²) >= 11 is 0.298. The Morgan fingerprint density at radius 3 is 2.93 bits per heavy atom. The maximum atomic E-state index is 9.17. The van der Waals surface area contributed by atoms with Crippen molar-refractivity contribution in [3.63, 3.8) is 0 Å². The van der Waals surface area contributed by atoms with Crippen LogP contribution in [0.15, 0.2) is 30.9 Å². The molecule has 1 aromatic rings. The molecule has 0 aliphatic carbocycles. The van der Waals surface area contributed by atoms with Gasteiger partial charge in [-0.3, -0.25) is 0 Å². The van der Waals surface area contributed by atoms with Crippen molar-refractivity contribution < 1.29 is 9.84 Å². The van der Waals surface area contributed by atoms with Gasteiger partial charge in [0.1, 0.15) is 0 Å². The monoisotopic (exact) mass is 258 g/mol. The van der Waals surface area contributed by atoms with Gasteiger partial charge in [-0.05, 0) is 0 Å². The first kappa shape index (κ1) is 11.3. The van der Waals surface area contributed by atoms with Gasteiger partial charge in [0, 0.05) is 0 Å². The molecule has 0 heterocycles. The standard InChI is InChI=1S/C11H14O2Se/c1-3-7-14-11-9(8-12)5-4-6-10(11)13-2/h3-6,12H,1,7-8H2,2H3. The minimum absolute atomic E-state index is 0.0748. The van der Waals surface area contributed by atoms with Gasteiger partial charge in [-0.15, -0.1) is 0 Å². The molecule has 0 radical (unpaired) electrons. The Balaban J connectivity index is 2.99. The van der Waals surface area contributed by atoms with Crippen molar-refractivity contribution in [1.29, 1.82) is 0 Å². The van der Waals surface area contributed by atoms with E-state index in [-0.39, 0.29) is 6.61 Å². The second-order valence-corrected chi connectivity index (χ2v) is 4.87. The number of methoxy groups -OCH3 is 1. The van der Waals surface area contributed by atoms with Gasteiger partial charge in [-0.2, -0.15) is 0 Å². The zero-order chi connectivity index (χ0) is 10.4. The Kier molecular flexibility index (Phi) is 4.74. The Morgan fingerprint density at radius 1 is 1.57 bits per heavy atom. The number of benzene rings is 1. The van der Waals surface area contributed by atoms with Gasteiger partial charge in [-0.25, -0.2) is 0 Å². The molecule has 0 aromatic heterocycles. The second kappa shape index (κ2) is 5.86. The molecule has 0 aliphatic rings. The molecule has 0 fully saturated rings. The van der Waals surface area contributed by atoms with Gasteiger partial charge in [0.2, 0.25) is 0 Å². The fraction of sp³-hybridized carbons (Fsp3) is 0.273. The van der Waals surface area contributed by atoms with Crippen molar-refractivity contribution in [2.75, 3.05) is 7.11 Å². The molecule has 1 N–H and O–H groups in total. The summed E-state index contributed by atoms with van der Waals surface area (Å²) in [5, 5.41) is 10.1. The predicted molar refractivity (Wildman–Crippen MR) is 59.3 cm³/mol. The topological polar surface area (TPSA) is 29.5 Å². The number of ether oxygens (including phenoxy) is 1. The van der Waals surface area contributed by atoms with Crippen LogP contribution in [0.3, 0.4) is 0 Å². The molecule has 0 spiro atoms. The van der Waals surface area contributed by atoms with Crippen LogP contribution in [0.25, 0.3) is 0 Å². The summed E-state index contributed by atoms with van der Waals surface area (Å²) in [7, 11) is 1.66. The van der Waals surface area contributed by atoms with E-state index >= 15 is 0 Å². The number of hydrogen-bond donors (Lipinski definition) is 1. The average molecular weight is 257 g/mol. The van der Waals surface area contributed by atoms with Crippen LogP contribution in [0.1, 0.15) is 5.56 Å². The van der Waals surface area contributed by atoms with E-state index < -0.39 is 0 Å². The predicted octanol–water partition coefficient (Wildman–Crippen LogP) is 1.12. The van der Waals surface area contributed by atoms with Crippen molar-refractivity contribution in [2.45, 2.75) is 11.9 Å². The zero-order valence-corrected chi connectivity index (χ0v) is 9.91. The molecule has 0 aliphatic heterocycles. The molecule has 0 bridgehead atoms. The average Bonchev–Trinajstić information content (AvgIpc) is 2.25. The van der Waals surface area contributed by atoms with E-state index in [9.17, 15) is 0 Å². The number of rotatable bonds is 5. The van der Waals surface area contributed by atoms with Crippen LogP contribution in [0.4, 0.5) is 0 Å². The first-order chi connectivity index (χ1) is 6.83. The summed E-state index contributed by atoms with van der Waals surface area (Å²) in [6.07, 6.45) is 1.90. The van der Waals surface area contributed by atoms with E-state index in [4.69, 9.17) is 9.84 Å². The van der Waals surface area contributed by atoms with Gasteiger partial charge in [-0.1, -0.05) is 0 Å². The summed E-state index contributed by atoms with van der Waals surface area (Å²) in [6.45, 7) is 3.77. The fourth-order valence-corrected chi connectivity index (χ4v) is 3.03. The summed E-state index contributed by atoms with van der Waals surface area (Å²) in [5.74, 6) is 0.874. The summed E-state index contributed by atoms with van der Waals surface area (Å²) in [4.78, 5) is 0. The Morgan fingerprint density at radius 2 is 2.36 bits per heavy atom. The molecule has 2 nitrogen and oxygen atoms in total. The van der Waals surface area contributed by atoms with Crippen LogP contribution in [0, 0.1) is 0 Å². The third kappa shape index (κ3) is 2.61. The first-order valence-corrected chi connectivity index (χ1v) is 6.40. The molecular weight excluding hydrogens is 243 g/mol. The molecule has 1 aromatic carbocycles. The Bertz CT molecular complexity index is 288. The van der Waals surface area contributed by atoms with Gasteiger partial charge in [0.25, 0.3) is 0 Å². The third-order valence-electron chi connectivity index (χ3n) is 1.80. The molecule has 3 heteroatoms. The molecule has 0 atom stereocenters. The molecule has 14 heavy (non-hydrogen) atoms. The van der Waals surface area contributed by atoms with Crippen molar-refractivity contribution in [2.24, 2.45) is 0 Å². The number of hydrogen-bond acceptors (Lipinski definition) is 2. The fourth-order valence-electron chi connectivity index (χ4n) is 1.15. The molecule has 0 unspecified atom stereocenters. The molecule has 76 valence electrons. The van der Waals surface area contributed by atoms with E-state index in [2.05, 4.69) is 6.58 Å². The maximum absolute atomic E-state index is 9.17. The Labute approximate surface area is 90.8 Å². The van der Waals surface area contributed by atoms with Crippen LogP contribution in [0.2, 0.25) is 5.32 Å². The normalized spacial score (nSPS) is 9.86. The van der Waals surface area contributed by atoms with Crippen LogP contribution >= 0.6 is 0 Å². The van der Waals surface area contributed by atoms with Gasteiger partial charge >= 0.3 is 90.5 Å². The SMILES string of the molecule is C=CC[Se]c1c(CO)cccc1OC. The van der Waals surface area contributed by atoms with Crippen LogP contribution < -0.4 is 9.20 Å². The van der Waals surface area contributed by atoms with E-state index in [1.54, 1.807) is 7.11 Å². The van der Waals surface area contributed by atoms with Crippen molar-refractivity contribution in [3.05, 3.63) is 36.4 Å². The third-order valence-corrected chi connectivity index (χ3v) is 4.22. The summed E-state index contributed by atoms with van der Waals surface area (Å²) in [5.41, 5.74) is 0.964. The summed E-state index contributed by atoms with van der Waals surface area (Å²) in [6, 6.07) is 5.76. The Hall–Kier alpha value is -0.761. The molecule has 1 rings (SSSR count). The minimum atomic E-state index is 0.0748. The van der Waals surface area contributed by atoms with Crippen molar-refractivity contribution >= 4 is 19.4 Å². The van der Waals surface area contributed by atoms with E-state index in [1.807, 2.05) is 24.3 Å². The molecule has 0 saturated heterocycles. The van der Waals surface area contributed by atoms with Crippen LogP contribution in [-0.4, -0.2) is 27.2 Å². The van der Waals surface area contributed by atoms with E-state index in [0.29, 0.717) is 15.0 Å². The van der Waals surface area contributed by atoms with Crippen LogP contribution in [0.5, 0.6) is 5.75 Å². The van der Waals surface area contributed by atoms with E-state index in [0.717, 1.165) is 21.1 Å². The number of aliphatic hydroxyl groups excluding tert-OH is 1. The van der Waals surface area contributed by atoms with Crippen molar-refractivity contribution in [1.82, 2.24) is 0 Å². The quantitative estimate of drug-likeness (QED) is 0.632. The molecule has 0 amide bonds. The zero-order valence-electron chi connectivity index (χ0n) is 8.19. The summed E-state index contributed by atoms with van der Waals surface area (Å²) < 4.78 is 6.40. The van der Waals surface area contributed by atoms with Gasteiger partial charge in [0.15, 0.2) is 0 Å². The van der Waals surface area contributed by atoms with Crippen molar-refractivity contribution in [3.8, 4) is 5.75 Å². The van der Waals surface area contributed by atoms with Crippen LogP contribution in [-0.2, 0) is 6.61 Å². The first-order valence-electron chi connectivity index (χ1n) is 4.34. The number of aliphatic hydroxyl groups is 1.